The first kappa shape index (κ1) is 7.84. The maximum absolute atomic E-state index is 8.54. The zero-order valence-electron chi connectivity index (χ0n) is 4.94. The van der Waals surface area contributed by atoms with E-state index in [1.807, 2.05) is 0 Å². The minimum Gasteiger partial charge on any atom is -0.376 e. The van der Waals surface area contributed by atoms with Crippen LogP contribution in [0.5, 0.6) is 0 Å². The summed E-state index contributed by atoms with van der Waals surface area (Å²) in [7, 11) is 0. The van der Waals surface area contributed by atoms with Crippen LogP contribution in [0.25, 0.3) is 0 Å². The molecule has 0 heterocycles. The van der Waals surface area contributed by atoms with Crippen molar-refractivity contribution in [3.8, 4) is 0 Å². The number of aliphatic hydroxyl groups excluding tert-OH is 2. The largest absolute Gasteiger partial charge is 0.376 e. The SMILES string of the molecule is CC(O)N(O)C(C)O. The van der Waals surface area contributed by atoms with Gasteiger partial charge in [-0.1, -0.05) is 0 Å². The van der Waals surface area contributed by atoms with E-state index >= 15 is 0 Å². The summed E-state index contributed by atoms with van der Waals surface area (Å²) in [6.45, 7) is 2.71. The molecule has 0 spiro atoms. The maximum Gasteiger partial charge on any atom is 0.129 e. The highest BCUT2D eigenvalue weighted by Gasteiger charge is 2.10. The Morgan fingerprint density at radius 1 is 1.12 bits per heavy atom. The van der Waals surface area contributed by atoms with Crippen LogP contribution < -0.4 is 0 Å². The van der Waals surface area contributed by atoms with Crippen molar-refractivity contribution in [2.24, 2.45) is 0 Å². The summed E-state index contributed by atoms with van der Waals surface area (Å²) >= 11 is 0. The first-order valence-corrected chi connectivity index (χ1v) is 2.39. The van der Waals surface area contributed by atoms with E-state index in [1.165, 1.54) is 13.8 Å². The van der Waals surface area contributed by atoms with Crippen molar-refractivity contribution in [2.45, 2.75) is 26.3 Å². The lowest BCUT2D eigenvalue weighted by Gasteiger charge is -2.19. The van der Waals surface area contributed by atoms with Gasteiger partial charge in [-0.25, -0.2) is 0 Å². The fraction of sp³-hybridized carbons (Fsp3) is 1.00. The number of hydroxylamine groups is 2. The van der Waals surface area contributed by atoms with Crippen molar-refractivity contribution >= 4 is 0 Å². The van der Waals surface area contributed by atoms with Crippen molar-refractivity contribution in [3.63, 3.8) is 0 Å². The van der Waals surface area contributed by atoms with Crippen LogP contribution >= 0.6 is 0 Å². The van der Waals surface area contributed by atoms with Gasteiger partial charge in [0.05, 0.1) is 0 Å². The molecule has 0 aliphatic carbocycles. The number of aliphatic hydroxyl groups is 2. The van der Waals surface area contributed by atoms with E-state index in [2.05, 4.69) is 0 Å². The zero-order chi connectivity index (χ0) is 6.73. The van der Waals surface area contributed by atoms with E-state index in [0.29, 0.717) is 5.06 Å². The minimum absolute atomic E-state index is 0.444. The molecule has 4 nitrogen and oxygen atoms in total. The molecule has 0 saturated heterocycles. The molecular formula is C4H11NO3. The second-order valence-electron chi connectivity index (χ2n) is 1.64. The van der Waals surface area contributed by atoms with E-state index in [1.54, 1.807) is 0 Å². The molecular weight excluding hydrogens is 110 g/mol. The lowest BCUT2D eigenvalue weighted by molar-refractivity contribution is -0.258. The van der Waals surface area contributed by atoms with Gasteiger partial charge in [-0.3, -0.25) is 0 Å². The number of hydrogen-bond donors (Lipinski definition) is 3. The molecule has 0 saturated carbocycles. The van der Waals surface area contributed by atoms with Gasteiger partial charge in [0.25, 0.3) is 0 Å². The van der Waals surface area contributed by atoms with Gasteiger partial charge in [0.1, 0.15) is 12.5 Å². The average Bonchev–Trinajstić information content (AvgIpc) is 1.64. The molecule has 0 fully saturated rings. The van der Waals surface area contributed by atoms with Crippen molar-refractivity contribution in [3.05, 3.63) is 0 Å². The second-order valence-corrected chi connectivity index (χ2v) is 1.64. The van der Waals surface area contributed by atoms with Gasteiger partial charge in [0.15, 0.2) is 0 Å². The molecule has 8 heavy (non-hydrogen) atoms. The number of rotatable bonds is 2. The molecule has 2 atom stereocenters. The molecule has 0 aliphatic heterocycles. The summed E-state index contributed by atoms with van der Waals surface area (Å²) in [6.07, 6.45) is -2.04. The molecule has 0 amide bonds. The summed E-state index contributed by atoms with van der Waals surface area (Å²) in [6, 6.07) is 0. The smallest absolute Gasteiger partial charge is 0.129 e. The first-order valence-electron chi connectivity index (χ1n) is 2.39. The third kappa shape index (κ3) is 2.23. The zero-order valence-corrected chi connectivity index (χ0v) is 4.94. The molecule has 0 rings (SSSR count). The minimum atomic E-state index is -1.02. The van der Waals surface area contributed by atoms with Crippen LogP contribution in [0.2, 0.25) is 0 Å². The van der Waals surface area contributed by atoms with Crippen molar-refractivity contribution < 1.29 is 15.4 Å². The van der Waals surface area contributed by atoms with Crippen LogP contribution in [0.15, 0.2) is 0 Å². The highest BCUT2D eigenvalue weighted by molar-refractivity contribution is 4.41. The lowest BCUT2D eigenvalue weighted by atomic mass is 10.5. The van der Waals surface area contributed by atoms with Crippen molar-refractivity contribution in [1.29, 1.82) is 0 Å². The normalized spacial score (nSPS) is 18.8. The Balaban J connectivity index is 3.46. The Morgan fingerprint density at radius 3 is 1.38 bits per heavy atom. The van der Waals surface area contributed by atoms with E-state index in [-0.39, 0.29) is 0 Å². The van der Waals surface area contributed by atoms with Crippen LogP contribution in [0, 0.1) is 0 Å². The van der Waals surface area contributed by atoms with Crippen LogP contribution in [0.1, 0.15) is 13.8 Å². The molecule has 4 heteroatoms. The fourth-order valence-corrected chi connectivity index (χ4v) is 0.312. The van der Waals surface area contributed by atoms with Gasteiger partial charge in [0.2, 0.25) is 0 Å². The Kier molecular flexibility index (Phi) is 2.93. The van der Waals surface area contributed by atoms with E-state index < -0.39 is 12.5 Å². The molecule has 0 radical (unpaired) electrons. The third-order valence-corrected chi connectivity index (χ3v) is 0.766. The first-order chi connectivity index (χ1) is 3.55. The summed E-state index contributed by atoms with van der Waals surface area (Å²) in [5.41, 5.74) is 0. The van der Waals surface area contributed by atoms with Gasteiger partial charge in [-0.2, -0.15) is 0 Å². The van der Waals surface area contributed by atoms with Gasteiger partial charge in [-0.15, -0.1) is 5.06 Å². The summed E-state index contributed by atoms with van der Waals surface area (Å²) in [5, 5.41) is 26.0. The van der Waals surface area contributed by atoms with Crippen LogP contribution in [-0.2, 0) is 0 Å². The van der Waals surface area contributed by atoms with Crippen LogP contribution in [-0.4, -0.2) is 32.9 Å². The molecule has 0 aromatic rings. The van der Waals surface area contributed by atoms with Crippen LogP contribution in [0.3, 0.4) is 0 Å². The predicted molar refractivity (Wildman–Crippen MR) is 27.0 cm³/mol. The molecule has 3 N–H and O–H groups in total. The van der Waals surface area contributed by atoms with Gasteiger partial charge >= 0.3 is 0 Å². The van der Waals surface area contributed by atoms with Crippen molar-refractivity contribution in [1.82, 2.24) is 5.06 Å². The Labute approximate surface area is 47.9 Å². The quantitative estimate of drug-likeness (QED) is 0.335. The molecule has 0 aromatic heterocycles. The highest BCUT2D eigenvalue weighted by Crippen LogP contribution is 1.93. The molecule has 0 aromatic carbocycles. The maximum atomic E-state index is 8.54. The standard InChI is InChI=1S/C4H11NO3/c1-3(6)5(8)4(2)7/h3-4,6-8H,1-2H3. The third-order valence-electron chi connectivity index (χ3n) is 0.766. The van der Waals surface area contributed by atoms with E-state index in [4.69, 9.17) is 15.4 Å². The molecule has 50 valence electrons. The number of nitrogens with zero attached hydrogens (tertiary/aromatic N) is 1. The Bertz CT molecular complexity index is 56.3. The second kappa shape index (κ2) is 2.99. The van der Waals surface area contributed by atoms with Gasteiger partial charge < -0.3 is 15.4 Å². The van der Waals surface area contributed by atoms with Gasteiger partial charge in [-0.05, 0) is 13.8 Å². The molecule has 0 aliphatic rings. The molecule has 2 unspecified atom stereocenters. The summed E-state index contributed by atoms with van der Waals surface area (Å²) in [4.78, 5) is 0. The van der Waals surface area contributed by atoms with Crippen molar-refractivity contribution in [2.75, 3.05) is 0 Å². The van der Waals surface area contributed by atoms with Crippen LogP contribution in [0.4, 0.5) is 0 Å². The Hall–Kier alpha value is -0.160. The summed E-state index contributed by atoms with van der Waals surface area (Å²) in [5.74, 6) is 0. The average molecular weight is 121 g/mol. The summed E-state index contributed by atoms with van der Waals surface area (Å²) < 4.78 is 0. The highest BCUT2D eigenvalue weighted by atomic mass is 16.6. The van der Waals surface area contributed by atoms with E-state index in [0.717, 1.165) is 0 Å². The topological polar surface area (TPSA) is 63.9 Å². The lowest BCUT2D eigenvalue weighted by Crippen LogP contribution is -2.36. The Morgan fingerprint density at radius 2 is 1.38 bits per heavy atom. The fourth-order valence-electron chi connectivity index (χ4n) is 0.312. The number of hydrogen-bond acceptors (Lipinski definition) is 4. The van der Waals surface area contributed by atoms with Gasteiger partial charge in [0, 0.05) is 0 Å². The predicted octanol–water partition coefficient (Wildman–Crippen LogP) is -0.646. The molecule has 0 bridgehead atoms. The monoisotopic (exact) mass is 121 g/mol. The van der Waals surface area contributed by atoms with E-state index in [9.17, 15) is 0 Å².